The van der Waals surface area contributed by atoms with Gasteiger partial charge in [0.2, 0.25) is 23.5 Å². The normalized spacial score (nSPS) is 20.8. The summed E-state index contributed by atoms with van der Waals surface area (Å²) in [6, 6.07) is 6.57. The highest BCUT2D eigenvalue weighted by Gasteiger charge is 2.46. The molecule has 7 rings (SSSR count). The Hall–Kier alpha value is -8.26. The Morgan fingerprint density at radius 3 is 2.22 bits per heavy atom. The number of phenols is 2. The lowest BCUT2D eigenvalue weighted by Crippen LogP contribution is -2.55. The maximum absolute atomic E-state index is 14.1. The number of aliphatic hydroxyl groups is 2. The molecule has 0 bridgehead atoms. The molecule has 434 valence electrons. The molecule has 25 nitrogen and oxygen atoms in total. The number of hydrogen-bond donors (Lipinski definition) is 10. The van der Waals surface area contributed by atoms with Crippen molar-refractivity contribution in [2.24, 2.45) is 17.6 Å². The molecule has 2 aliphatic carbocycles. The molecule has 25 heteroatoms. The van der Waals surface area contributed by atoms with Crippen LogP contribution in [0.5, 0.6) is 17.2 Å². The number of imide groups is 1. The van der Waals surface area contributed by atoms with Gasteiger partial charge in [0.1, 0.15) is 48.6 Å². The number of fused-ring (bicyclic) bond motifs is 3. The summed E-state index contributed by atoms with van der Waals surface area (Å²) < 4.78 is 23.2. The number of aliphatic hydroxyl groups excluding tert-OH is 2. The van der Waals surface area contributed by atoms with Gasteiger partial charge in [-0.15, -0.1) is 0 Å². The Bertz CT molecular complexity index is 2960. The van der Waals surface area contributed by atoms with Gasteiger partial charge in [-0.05, 0) is 75.1 Å². The number of anilines is 1. The number of nitrogens with two attached hydrogens (primary N) is 1. The number of alkyl carbamates (subject to hydrolysis) is 1. The van der Waals surface area contributed by atoms with Crippen molar-refractivity contribution in [3.8, 4) is 17.2 Å². The molecule has 1 saturated heterocycles. The highest BCUT2D eigenvalue weighted by molar-refractivity contribution is 6.31. The molecule has 11 N–H and O–H groups in total. The number of rotatable bonds is 24. The first kappa shape index (κ1) is 60.4. The second-order valence-corrected chi connectivity index (χ2v) is 20.5. The van der Waals surface area contributed by atoms with Crippen LogP contribution >= 0.6 is 0 Å². The van der Waals surface area contributed by atoms with E-state index in [-0.39, 0.29) is 104 Å². The van der Waals surface area contributed by atoms with Crippen LogP contribution in [0.1, 0.15) is 127 Å². The number of amides is 8. The molecule has 4 aliphatic rings. The summed E-state index contributed by atoms with van der Waals surface area (Å²) in [5.41, 5.74) is 4.71. The average molecular weight is 1130 g/mol. The van der Waals surface area contributed by atoms with Crippen molar-refractivity contribution in [2.75, 3.05) is 32.1 Å². The van der Waals surface area contributed by atoms with Gasteiger partial charge in [0, 0.05) is 66.4 Å². The van der Waals surface area contributed by atoms with Crippen LogP contribution in [0.2, 0.25) is 0 Å². The molecular weight excluding hydrogens is 1060 g/mol. The van der Waals surface area contributed by atoms with E-state index >= 15 is 0 Å². The van der Waals surface area contributed by atoms with Crippen molar-refractivity contribution in [2.45, 2.75) is 128 Å². The molecule has 8 amide bonds. The van der Waals surface area contributed by atoms with Gasteiger partial charge in [0.15, 0.2) is 17.9 Å². The summed E-state index contributed by atoms with van der Waals surface area (Å²) in [6.07, 6.45) is -2.06. The topological polar surface area (TPSA) is 378 Å². The quantitative estimate of drug-likeness (QED) is 0.0273. The second kappa shape index (κ2) is 26.8. The number of unbranched alkanes of at least 4 members (excludes halogenated alkanes) is 2. The first-order chi connectivity index (χ1) is 38.6. The van der Waals surface area contributed by atoms with Crippen LogP contribution < -0.4 is 37.1 Å². The zero-order valence-electron chi connectivity index (χ0n) is 45.1. The predicted molar refractivity (Wildman–Crippen MR) is 284 cm³/mol. The molecule has 0 radical (unpaired) electrons. The molecule has 0 saturated carbocycles. The molecule has 2 heterocycles. The van der Waals surface area contributed by atoms with Crippen LogP contribution in [0.3, 0.4) is 0 Å². The van der Waals surface area contributed by atoms with E-state index < -0.39 is 125 Å². The second-order valence-electron chi connectivity index (χ2n) is 20.5. The zero-order chi connectivity index (χ0) is 58.8. The summed E-state index contributed by atoms with van der Waals surface area (Å²) in [7, 11) is 1.31. The van der Waals surface area contributed by atoms with E-state index in [2.05, 4.69) is 26.6 Å². The molecular formula is C56H67N7O18. The maximum Gasteiger partial charge on any atom is 0.407 e. The highest BCUT2D eigenvalue weighted by atomic mass is 16.7. The van der Waals surface area contributed by atoms with E-state index in [1.165, 1.54) is 56.5 Å². The fourth-order valence-electron chi connectivity index (χ4n) is 10.3. The number of carbonyl (C=O) groups is 10. The summed E-state index contributed by atoms with van der Waals surface area (Å²) in [5.74, 6) is -7.20. The number of primary amides is 1. The SMILES string of the molecule is COc1cccc2c1C(=O)c1c(O)c3c(c(O)c1C2=O)CC(C(=O)CO)CC3OC1C[C@H](NC(=O)OCc2ccc(NC(=O)[C@H](CCCNC(N)=O)NC(=O)[C@@H](NC(=O)CCCCCN3C(=O)C=CC3=O)C(C)C)cc2)[C@H](O)[C@H](C)O1. The molecule has 0 aromatic heterocycles. The number of carbonyl (C=O) groups excluding carboxylic acids is 10. The first-order valence-corrected chi connectivity index (χ1v) is 26.6. The molecule has 81 heavy (non-hydrogen) atoms. The van der Waals surface area contributed by atoms with Gasteiger partial charge in [-0.3, -0.25) is 43.3 Å². The Balaban J connectivity index is 0.949. The number of ketones is 3. The van der Waals surface area contributed by atoms with Crippen LogP contribution in [0.15, 0.2) is 54.6 Å². The number of methoxy groups -OCH3 is 1. The van der Waals surface area contributed by atoms with Gasteiger partial charge >= 0.3 is 12.1 Å². The van der Waals surface area contributed by atoms with Crippen molar-refractivity contribution in [3.63, 3.8) is 0 Å². The minimum Gasteiger partial charge on any atom is -0.507 e. The van der Waals surface area contributed by atoms with E-state index in [1.807, 2.05) is 0 Å². The number of benzene rings is 3. The minimum absolute atomic E-state index is 0.0487. The highest BCUT2D eigenvalue weighted by Crippen LogP contribution is 2.52. The Morgan fingerprint density at radius 1 is 0.852 bits per heavy atom. The van der Waals surface area contributed by atoms with Crippen molar-refractivity contribution >= 4 is 64.7 Å². The molecule has 1 fully saturated rings. The molecule has 2 aliphatic heterocycles. The maximum atomic E-state index is 14.1. The van der Waals surface area contributed by atoms with Crippen molar-refractivity contribution in [1.29, 1.82) is 0 Å². The standard InChI is InChI=1S/C56H67N7O18/c1-27(2)47(62-39(66)13-6-5-7-21-63-40(67)18-19-41(63)68)54(75)60-34(11-9-20-58-55(57)76)53(74)59-31-16-14-29(15-17-31)26-79-56(77)61-35-24-42(80-28(3)48(35)69)81-38-23-30(36(65)25-64)22-33-44(38)52(73)46-45(50(33)71)49(70)32-10-8-12-37(78-4)43(32)51(46)72/h8,10,12,14-19,27-28,30,34-35,38,42,47-48,64,69,71,73H,5-7,9,11,13,20-26H2,1-4H3,(H,59,74)(H,60,75)(H,61,77)(H,62,66)(H3,57,58,76)/t28-,30?,34-,35-,38?,42?,47-,48+/m0/s1. The molecule has 0 spiro atoms. The lowest BCUT2D eigenvalue weighted by atomic mass is 9.73. The van der Waals surface area contributed by atoms with Gasteiger partial charge < -0.3 is 71.7 Å². The van der Waals surface area contributed by atoms with Gasteiger partial charge in [0.05, 0.1) is 42.0 Å². The smallest absolute Gasteiger partial charge is 0.407 e. The first-order valence-electron chi connectivity index (χ1n) is 26.6. The number of aromatic hydroxyl groups is 2. The number of Topliss-reactive ketones (excluding diaryl/α,β-unsaturated/α-hetero) is 1. The van der Waals surface area contributed by atoms with Crippen molar-refractivity contribution < 1.29 is 87.3 Å². The third kappa shape index (κ3) is 14.2. The molecule has 3 aromatic carbocycles. The minimum atomic E-state index is -1.29. The van der Waals surface area contributed by atoms with Gasteiger partial charge in [0.25, 0.3) is 11.8 Å². The summed E-state index contributed by atoms with van der Waals surface area (Å²) in [6.45, 7) is 4.16. The van der Waals surface area contributed by atoms with E-state index in [9.17, 15) is 68.4 Å². The van der Waals surface area contributed by atoms with E-state index in [0.717, 1.165) is 4.90 Å². The number of urea groups is 1. The van der Waals surface area contributed by atoms with Crippen LogP contribution in [-0.2, 0) is 56.0 Å². The lowest BCUT2D eigenvalue weighted by Gasteiger charge is -2.41. The van der Waals surface area contributed by atoms with E-state index in [0.29, 0.717) is 30.5 Å². The lowest BCUT2D eigenvalue weighted by molar-refractivity contribution is -0.245. The largest absolute Gasteiger partial charge is 0.507 e. The number of phenolic OH excluding ortho intramolecular Hbond substituents is 2. The van der Waals surface area contributed by atoms with Gasteiger partial charge in [-0.2, -0.15) is 0 Å². The third-order valence-corrected chi connectivity index (χ3v) is 14.6. The Labute approximate surface area is 465 Å². The van der Waals surface area contributed by atoms with Crippen LogP contribution in [0.4, 0.5) is 15.3 Å². The average Bonchev–Trinajstić information content (AvgIpc) is 3.91. The Kier molecular flexibility index (Phi) is 20.0. The number of ether oxygens (including phenoxy) is 4. The predicted octanol–water partition coefficient (Wildman–Crippen LogP) is 2.35. The van der Waals surface area contributed by atoms with Crippen LogP contribution in [-0.4, -0.2) is 148 Å². The molecule has 3 unspecified atom stereocenters. The van der Waals surface area contributed by atoms with Gasteiger partial charge in [-0.1, -0.05) is 44.5 Å². The van der Waals surface area contributed by atoms with E-state index in [4.69, 9.17) is 24.7 Å². The van der Waals surface area contributed by atoms with Crippen LogP contribution in [0.25, 0.3) is 0 Å². The number of hydrogen-bond acceptors (Lipinski definition) is 18. The Morgan fingerprint density at radius 2 is 1.56 bits per heavy atom. The van der Waals surface area contributed by atoms with E-state index in [1.54, 1.807) is 26.0 Å². The fraction of sp³-hybridized carbons (Fsp3) is 0.464. The molecule has 3 aromatic rings. The summed E-state index contributed by atoms with van der Waals surface area (Å²) in [5, 5.41) is 57.8. The van der Waals surface area contributed by atoms with Crippen LogP contribution in [0, 0.1) is 11.8 Å². The molecule has 8 atom stereocenters. The zero-order valence-corrected chi connectivity index (χ0v) is 45.1. The summed E-state index contributed by atoms with van der Waals surface area (Å²) >= 11 is 0. The monoisotopic (exact) mass is 1130 g/mol. The van der Waals surface area contributed by atoms with Gasteiger partial charge in [-0.25, -0.2) is 9.59 Å². The number of nitrogens with one attached hydrogen (secondary N) is 5. The summed E-state index contributed by atoms with van der Waals surface area (Å²) in [4.78, 5) is 131. The van der Waals surface area contributed by atoms with Crippen molar-refractivity contribution in [3.05, 3.63) is 93.6 Å². The third-order valence-electron chi connectivity index (χ3n) is 14.6. The fourth-order valence-corrected chi connectivity index (χ4v) is 10.3. The van der Waals surface area contributed by atoms with Crippen molar-refractivity contribution in [1.82, 2.24) is 26.2 Å². The number of nitrogens with zero attached hydrogens (tertiary/aromatic N) is 1.